The van der Waals surface area contributed by atoms with Gasteiger partial charge in [0.25, 0.3) is 0 Å². The van der Waals surface area contributed by atoms with Crippen molar-refractivity contribution in [1.82, 2.24) is 4.98 Å². The van der Waals surface area contributed by atoms with E-state index in [1.807, 2.05) is 18.2 Å². The van der Waals surface area contributed by atoms with E-state index in [0.717, 1.165) is 27.2 Å². The van der Waals surface area contributed by atoms with Crippen molar-refractivity contribution in [2.75, 3.05) is 7.11 Å². The van der Waals surface area contributed by atoms with Crippen LogP contribution in [0.15, 0.2) is 22.6 Å². The van der Waals surface area contributed by atoms with Crippen molar-refractivity contribution in [2.45, 2.75) is 4.43 Å². The van der Waals surface area contributed by atoms with Gasteiger partial charge in [-0.15, -0.1) is 0 Å². The third kappa shape index (κ3) is 1.63. The van der Waals surface area contributed by atoms with Crippen LogP contribution < -0.4 is 4.74 Å². The average Bonchev–Trinajstić information content (AvgIpc) is 2.58. The molecule has 0 atom stereocenters. The lowest BCUT2D eigenvalue weighted by molar-refractivity contribution is 0.415. The summed E-state index contributed by atoms with van der Waals surface area (Å²) in [7, 11) is 1.64. The van der Waals surface area contributed by atoms with E-state index in [2.05, 4.69) is 27.6 Å². The first-order valence-electron chi connectivity index (χ1n) is 3.83. The van der Waals surface area contributed by atoms with E-state index in [-0.39, 0.29) is 0 Å². The summed E-state index contributed by atoms with van der Waals surface area (Å²) in [6.45, 7) is 0. The molecule has 0 amide bonds. The average molecular weight is 289 g/mol. The molecule has 13 heavy (non-hydrogen) atoms. The van der Waals surface area contributed by atoms with Gasteiger partial charge in [0, 0.05) is 6.07 Å². The summed E-state index contributed by atoms with van der Waals surface area (Å²) in [4.78, 5) is 4.29. The molecule has 0 aliphatic heterocycles. The highest BCUT2D eigenvalue weighted by Crippen LogP contribution is 2.21. The Bertz CT molecular complexity index is 422. The van der Waals surface area contributed by atoms with Crippen LogP contribution in [0.2, 0.25) is 0 Å². The van der Waals surface area contributed by atoms with E-state index < -0.39 is 0 Å². The number of halogens is 1. The molecule has 0 radical (unpaired) electrons. The van der Waals surface area contributed by atoms with Gasteiger partial charge in [0.05, 0.1) is 11.5 Å². The quantitative estimate of drug-likeness (QED) is 0.630. The maximum Gasteiger partial charge on any atom is 0.205 e. The third-order valence-corrected chi connectivity index (χ3v) is 2.41. The summed E-state index contributed by atoms with van der Waals surface area (Å²) < 4.78 is 11.3. The standard InChI is InChI=1S/C9H8INO2/c1-12-6-2-3-8-7(4-6)11-9(5-10)13-8/h2-4H,5H2,1H3. The highest BCUT2D eigenvalue weighted by atomic mass is 127. The van der Waals surface area contributed by atoms with Gasteiger partial charge in [-0.1, -0.05) is 22.6 Å². The Kier molecular flexibility index (Phi) is 2.39. The van der Waals surface area contributed by atoms with Crippen LogP contribution in [0.3, 0.4) is 0 Å². The maximum atomic E-state index is 5.44. The fourth-order valence-electron chi connectivity index (χ4n) is 1.14. The first-order chi connectivity index (χ1) is 6.33. The maximum absolute atomic E-state index is 5.44. The summed E-state index contributed by atoms with van der Waals surface area (Å²) in [6, 6.07) is 5.61. The van der Waals surface area contributed by atoms with Gasteiger partial charge in [0.1, 0.15) is 11.3 Å². The van der Waals surface area contributed by atoms with E-state index in [1.54, 1.807) is 7.11 Å². The molecule has 4 heteroatoms. The summed E-state index contributed by atoms with van der Waals surface area (Å²) in [6.07, 6.45) is 0. The van der Waals surface area contributed by atoms with E-state index >= 15 is 0 Å². The van der Waals surface area contributed by atoms with E-state index in [4.69, 9.17) is 9.15 Å². The lowest BCUT2D eigenvalue weighted by Gasteiger charge is -1.95. The minimum atomic E-state index is 0.754. The number of oxazole rings is 1. The van der Waals surface area contributed by atoms with Gasteiger partial charge in [0.2, 0.25) is 5.89 Å². The van der Waals surface area contributed by atoms with Gasteiger partial charge >= 0.3 is 0 Å². The number of hydrogen-bond donors (Lipinski definition) is 0. The van der Waals surface area contributed by atoms with Crippen LogP contribution in [-0.4, -0.2) is 12.1 Å². The van der Waals surface area contributed by atoms with E-state index in [1.165, 1.54) is 0 Å². The van der Waals surface area contributed by atoms with E-state index in [0.29, 0.717) is 0 Å². The van der Waals surface area contributed by atoms with Crippen LogP contribution in [0.4, 0.5) is 0 Å². The second-order valence-corrected chi connectivity index (χ2v) is 3.34. The van der Waals surface area contributed by atoms with Gasteiger partial charge in [-0.2, -0.15) is 0 Å². The zero-order chi connectivity index (χ0) is 9.26. The highest BCUT2D eigenvalue weighted by Gasteiger charge is 2.04. The van der Waals surface area contributed by atoms with Gasteiger partial charge < -0.3 is 9.15 Å². The molecule has 1 aromatic heterocycles. The van der Waals surface area contributed by atoms with Crippen LogP contribution in [-0.2, 0) is 4.43 Å². The zero-order valence-electron chi connectivity index (χ0n) is 7.08. The van der Waals surface area contributed by atoms with Crippen molar-refractivity contribution >= 4 is 33.7 Å². The number of alkyl halides is 1. The Balaban J connectivity index is 2.57. The molecule has 0 fully saturated rings. The predicted molar refractivity (Wildman–Crippen MR) is 58.3 cm³/mol. The molecule has 0 N–H and O–H groups in total. The minimum Gasteiger partial charge on any atom is -0.497 e. The fourth-order valence-corrected chi connectivity index (χ4v) is 1.47. The second-order valence-electron chi connectivity index (χ2n) is 2.57. The molecule has 0 saturated carbocycles. The Morgan fingerprint density at radius 3 is 3.08 bits per heavy atom. The van der Waals surface area contributed by atoms with Crippen molar-refractivity contribution < 1.29 is 9.15 Å². The molecule has 68 valence electrons. The molecule has 1 heterocycles. The van der Waals surface area contributed by atoms with Crippen LogP contribution in [0, 0.1) is 0 Å². The number of fused-ring (bicyclic) bond motifs is 1. The number of rotatable bonds is 2. The molecule has 0 spiro atoms. The number of aromatic nitrogens is 1. The molecule has 0 aliphatic carbocycles. The topological polar surface area (TPSA) is 35.3 Å². The van der Waals surface area contributed by atoms with Gasteiger partial charge in [-0.05, 0) is 12.1 Å². The predicted octanol–water partition coefficient (Wildman–Crippen LogP) is 2.77. The van der Waals surface area contributed by atoms with Crippen LogP contribution >= 0.6 is 22.6 Å². The first kappa shape index (κ1) is 8.80. The summed E-state index contributed by atoms with van der Waals surface area (Å²) >= 11 is 2.22. The van der Waals surface area contributed by atoms with Crippen LogP contribution in [0.25, 0.3) is 11.1 Å². The molecule has 1 aromatic carbocycles. The van der Waals surface area contributed by atoms with Gasteiger partial charge in [0.15, 0.2) is 5.58 Å². The molecular formula is C9H8INO2. The Morgan fingerprint density at radius 1 is 1.54 bits per heavy atom. The van der Waals surface area contributed by atoms with Gasteiger partial charge in [-0.25, -0.2) is 4.98 Å². The van der Waals surface area contributed by atoms with Crippen molar-refractivity contribution in [3.05, 3.63) is 24.1 Å². The van der Waals surface area contributed by atoms with Crippen molar-refractivity contribution in [3.8, 4) is 5.75 Å². The Morgan fingerprint density at radius 2 is 2.38 bits per heavy atom. The Labute approximate surface area is 89.2 Å². The number of benzene rings is 1. The number of methoxy groups -OCH3 is 1. The second kappa shape index (κ2) is 3.53. The van der Waals surface area contributed by atoms with Crippen molar-refractivity contribution in [2.24, 2.45) is 0 Å². The fraction of sp³-hybridized carbons (Fsp3) is 0.222. The molecule has 0 unspecified atom stereocenters. The lowest BCUT2D eigenvalue weighted by Crippen LogP contribution is -1.81. The smallest absolute Gasteiger partial charge is 0.205 e. The summed E-state index contributed by atoms with van der Waals surface area (Å²) in [5, 5.41) is 0. The van der Waals surface area contributed by atoms with Gasteiger partial charge in [-0.3, -0.25) is 0 Å². The third-order valence-electron chi connectivity index (χ3n) is 1.75. The number of ether oxygens (including phenoxy) is 1. The SMILES string of the molecule is COc1ccc2oc(CI)nc2c1. The van der Waals surface area contributed by atoms with E-state index in [9.17, 15) is 0 Å². The largest absolute Gasteiger partial charge is 0.497 e. The molecular weight excluding hydrogens is 281 g/mol. The molecule has 3 nitrogen and oxygen atoms in total. The molecule has 0 bridgehead atoms. The summed E-state index contributed by atoms with van der Waals surface area (Å²) in [5.41, 5.74) is 1.67. The minimum absolute atomic E-state index is 0.754. The van der Waals surface area contributed by atoms with Crippen molar-refractivity contribution in [3.63, 3.8) is 0 Å². The monoisotopic (exact) mass is 289 g/mol. The zero-order valence-corrected chi connectivity index (χ0v) is 9.24. The molecule has 0 saturated heterocycles. The number of hydrogen-bond acceptors (Lipinski definition) is 3. The summed E-state index contributed by atoms with van der Waals surface area (Å²) in [5.74, 6) is 1.56. The molecule has 0 aliphatic rings. The lowest BCUT2D eigenvalue weighted by atomic mass is 10.3. The van der Waals surface area contributed by atoms with Crippen LogP contribution in [0.1, 0.15) is 5.89 Å². The molecule has 2 aromatic rings. The molecule has 2 rings (SSSR count). The normalized spacial score (nSPS) is 10.6. The Hall–Kier alpha value is -0.780. The highest BCUT2D eigenvalue weighted by molar-refractivity contribution is 14.1. The van der Waals surface area contributed by atoms with Crippen molar-refractivity contribution in [1.29, 1.82) is 0 Å². The number of nitrogens with zero attached hydrogens (tertiary/aromatic N) is 1. The van der Waals surface area contributed by atoms with Crippen LogP contribution in [0.5, 0.6) is 5.75 Å². The first-order valence-corrected chi connectivity index (χ1v) is 5.35.